The molecule has 0 aliphatic heterocycles. The van der Waals surface area contributed by atoms with E-state index in [1.165, 1.54) is 9.15 Å². The molecule has 1 amide bonds. The van der Waals surface area contributed by atoms with Crippen molar-refractivity contribution in [2.45, 2.75) is 19.4 Å². The third kappa shape index (κ3) is 5.02. The molecule has 1 aliphatic carbocycles. The van der Waals surface area contributed by atoms with Crippen LogP contribution in [0.15, 0.2) is 58.5 Å². The van der Waals surface area contributed by atoms with Crippen LogP contribution >= 0.6 is 41.5 Å². The van der Waals surface area contributed by atoms with Crippen molar-refractivity contribution >= 4 is 73.4 Å². The molecular weight excluding hydrogens is 682 g/mol. The van der Waals surface area contributed by atoms with Gasteiger partial charge in [0.15, 0.2) is 11.5 Å². The molecule has 0 radical (unpaired) electrons. The van der Waals surface area contributed by atoms with Crippen LogP contribution in [0.3, 0.4) is 0 Å². The molecule has 3 heterocycles. The van der Waals surface area contributed by atoms with Crippen molar-refractivity contribution in [2.75, 3.05) is 5.32 Å². The Labute approximate surface area is 228 Å². The number of amides is 1. The molecule has 0 atom stereocenters. The lowest BCUT2D eigenvalue weighted by molar-refractivity contribution is 0.102. The highest BCUT2D eigenvalue weighted by molar-refractivity contribution is 14.2. The summed E-state index contributed by atoms with van der Waals surface area (Å²) in [6.45, 7) is -0.0653. The SMILES string of the molecule is C=IC1=CC=C(c2nn(C)cc2-c2ccc3nc(NC(=O)c4ccc(CO)cc4I=C)cn3n2)CC1. The van der Waals surface area contributed by atoms with Gasteiger partial charge >= 0.3 is 0 Å². The molecule has 36 heavy (non-hydrogen) atoms. The molecule has 0 bridgehead atoms. The predicted octanol–water partition coefficient (Wildman–Crippen LogP) is 4.91. The van der Waals surface area contributed by atoms with E-state index in [9.17, 15) is 9.90 Å². The molecule has 0 saturated heterocycles. The first kappa shape index (κ1) is 24.8. The molecule has 184 valence electrons. The maximum absolute atomic E-state index is 12.9. The van der Waals surface area contributed by atoms with Crippen molar-refractivity contribution in [1.29, 1.82) is 0 Å². The van der Waals surface area contributed by atoms with Crippen LogP contribution in [0, 0.1) is 3.57 Å². The molecule has 10 heteroatoms. The summed E-state index contributed by atoms with van der Waals surface area (Å²) >= 11 is -0.704. The monoisotopic (exact) mass is 706 g/mol. The number of nitrogens with one attached hydrogen (secondary N) is 1. The summed E-state index contributed by atoms with van der Waals surface area (Å²) < 4.78 is 13.9. The number of hydrogen-bond acceptors (Lipinski definition) is 5. The van der Waals surface area contributed by atoms with Gasteiger partial charge in [0.25, 0.3) is 5.91 Å². The Morgan fingerprint density at radius 1 is 1.11 bits per heavy atom. The average Bonchev–Trinajstić information content (AvgIpc) is 3.50. The van der Waals surface area contributed by atoms with Crippen molar-refractivity contribution in [3.8, 4) is 11.3 Å². The number of rotatable bonds is 7. The standard InChI is InChI=1S/C26H24I2N6O2/c1-27-18-7-5-17(6-8-18)25-20(13-33(3)32-25)22-10-11-24-29-23(14-34(24)31-22)30-26(36)19-9-4-16(15-35)12-21(19)28-2/h4-5,7,9-14,35H,1-2,6,8,15H2,3H3,(H,30,36). The summed E-state index contributed by atoms with van der Waals surface area (Å²) in [7, 11) is 1.91. The highest BCUT2D eigenvalue weighted by Gasteiger charge is 2.19. The molecular formula is C26H24I2N6O2. The second-order valence-electron chi connectivity index (χ2n) is 8.21. The summed E-state index contributed by atoms with van der Waals surface area (Å²) in [5.74, 6) is 0.164. The Kier molecular flexibility index (Phi) is 7.34. The van der Waals surface area contributed by atoms with Crippen molar-refractivity contribution in [3.05, 3.63) is 78.8 Å². The first-order valence-electron chi connectivity index (χ1n) is 11.1. The number of hydrogen-bond donors (Lipinski definition) is 2. The maximum atomic E-state index is 12.9. The minimum absolute atomic E-state index is 0.0653. The molecule has 2 N–H and O–H groups in total. The summed E-state index contributed by atoms with van der Waals surface area (Å²) in [5, 5.41) is 21.8. The van der Waals surface area contributed by atoms with E-state index in [2.05, 4.69) is 31.5 Å². The van der Waals surface area contributed by atoms with Gasteiger partial charge in [0, 0.05) is 22.4 Å². The normalized spacial score (nSPS) is 13.5. The van der Waals surface area contributed by atoms with E-state index < -0.39 is 20.7 Å². The molecule has 1 aliphatic rings. The summed E-state index contributed by atoms with van der Waals surface area (Å²) in [6.07, 6.45) is 10.0. The minimum Gasteiger partial charge on any atom is -0.392 e. The van der Waals surface area contributed by atoms with Gasteiger partial charge in [-0.2, -0.15) is 10.2 Å². The van der Waals surface area contributed by atoms with Gasteiger partial charge < -0.3 is 10.4 Å². The van der Waals surface area contributed by atoms with Crippen LogP contribution in [-0.2, 0) is 13.7 Å². The van der Waals surface area contributed by atoms with Gasteiger partial charge in [-0.15, -0.1) is 0 Å². The van der Waals surface area contributed by atoms with Crippen LogP contribution in [0.1, 0.15) is 34.5 Å². The molecule has 1 aromatic carbocycles. The maximum Gasteiger partial charge on any atom is 0.257 e. The van der Waals surface area contributed by atoms with Crippen molar-refractivity contribution in [3.63, 3.8) is 0 Å². The Hall–Kier alpha value is -2.84. The first-order valence-corrected chi connectivity index (χ1v) is 16.3. The number of allylic oxidation sites excluding steroid dienone is 4. The van der Waals surface area contributed by atoms with E-state index >= 15 is 0 Å². The fraction of sp³-hybridized carbons (Fsp3) is 0.154. The van der Waals surface area contributed by atoms with E-state index in [4.69, 9.17) is 10.2 Å². The van der Waals surface area contributed by atoms with Gasteiger partial charge in [0.2, 0.25) is 0 Å². The van der Waals surface area contributed by atoms with Crippen LogP contribution in [0.25, 0.3) is 22.5 Å². The number of anilines is 1. The zero-order chi connectivity index (χ0) is 25.2. The minimum atomic E-state index is -0.584. The topological polar surface area (TPSA) is 97.3 Å². The Morgan fingerprint density at radius 2 is 1.97 bits per heavy atom. The van der Waals surface area contributed by atoms with Crippen LogP contribution in [0.2, 0.25) is 0 Å². The number of halogens is 2. The van der Waals surface area contributed by atoms with Gasteiger partial charge in [-0.1, -0.05) is 68.7 Å². The highest BCUT2D eigenvalue weighted by Crippen LogP contribution is 2.35. The number of fused-ring (bicyclic) bond motifs is 1. The van der Waals surface area contributed by atoms with Crippen LogP contribution < -0.4 is 5.32 Å². The molecule has 0 fully saturated rings. The third-order valence-electron chi connectivity index (χ3n) is 5.85. The van der Waals surface area contributed by atoms with Gasteiger partial charge in [-0.05, 0) is 51.8 Å². The number of aryl methyl sites for hydroxylation is 1. The molecule has 0 spiro atoms. The number of carbonyl (C=O) groups excluding carboxylic acids is 1. The number of aliphatic hydroxyl groups is 1. The van der Waals surface area contributed by atoms with E-state index in [1.54, 1.807) is 22.8 Å². The van der Waals surface area contributed by atoms with E-state index in [1.807, 2.05) is 36.1 Å². The lowest BCUT2D eigenvalue weighted by Crippen LogP contribution is -2.14. The molecule has 0 unspecified atom stereocenters. The van der Waals surface area contributed by atoms with E-state index in [-0.39, 0.29) is 33.2 Å². The quantitative estimate of drug-likeness (QED) is 0.267. The molecule has 5 rings (SSSR count). The number of benzene rings is 1. The lowest BCUT2D eigenvalue weighted by Gasteiger charge is -2.11. The predicted molar refractivity (Wildman–Crippen MR) is 162 cm³/mol. The number of nitrogens with zero attached hydrogens (tertiary/aromatic N) is 5. The summed E-state index contributed by atoms with van der Waals surface area (Å²) in [5.41, 5.74) is 5.83. The fourth-order valence-corrected chi connectivity index (χ4v) is 6.60. The zero-order valence-electron chi connectivity index (χ0n) is 19.6. The summed E-state index contributed by atoms with van der Waals surface area (Å²) in [4.78, 5) is 17.5. The number of imidazole rings is 1. The Bertz CT molecular complexity index is 1580. The number of carbonyl (C=O) groups is 1. The van der Waals surface area contributed by atoms with Crippen LogP contribution in [-0.4, -0.2) is 44.4 Å². The van der Waals surface area contributed by atoms with Crippen molar-refractivity contribution in [1.82, 2.24) is 24.4 Å². The largest absolute Gasteiger partial charge is 0.392 e. The number of aliphatic hydroxyl groups excluding tert-OH is 1. The van der Waals surface area contributed by atoms with Gasteiger partial charge in [-0.25, -0.2) is 9.50 Å². The highest BCUT2D eigenvalue weighted by atomic mass is 127. The van der Waals surface area contributed by atoms with Crippen molar-refractivity contribution < 1.29 is 9.90 Å². The molecule has 3 aromatic heterocycles. The smallest absolute Gasteiger partial charge is 0.257 e. The van der Waals surface area contributed by atoms with Crippen LogP contribution in [0.4, 0.5) is 5.82 Å². The Morgan fingerprint density at radius 3 is 2.69 bits per heavy atom. The zero-order valence-corrected chi connectivity index (χ0v) is 23.9. The molecule has 4 aromatic rings. The first-order chi connectivity index (χ1) is 17.5. The second kappa shape index (κ2) is 10.6. The molecule has 8 nitrogen and oxygen atoms in total. The van der Waals surface area contributed by atoms with E-state index in [0.29, 0.717) is 17.0 Å². The van der Waals surface area contributed by atoms with Gasteiger partial charge in [-0.3, -0.25) is 9.48 Å². The second-order valence-corrected chi connectivity index (χ2v) is 12.3. The van der Waals surface area contributed by atoms with Gasteiger partial charge in [0.1, 0.15) is 0 Å². The lowest BCUT2D eigenvalue weighted by atomic mass is 9.98. The van der Waals surface area contributed by atoms with Crippen molar-refractivity contribution in [2.24, 2.45) is 7.05 Å². The average molecular weight is 706 g/mol. The molecule has 0 saturated carbocycles. The van der Waals surface area contributed by atoms with E-state index in [0.717, 1.165) is 38.9 Å². The summed E-state index contributed by atoms with van der Waals surface area (Å²) in [6, 6.07) is 9.14. The number of aromatic nitrogens is 5. The Balaban J connectivity index is 1.44. The fourth-order valence-electron chi connectivity index (χ4n) is 4.05. The van der Waals surface area contributed by atoms with Gasteiger partial charge in [0.05, 0.1) is 29.8 Å². The van der Waals surface area contributed by atoms with Crippen LogP contribution in [0.5, 0.6) is 0 Å². The third-order valence-corrected chi connectivity index (χ3v) is 9.44.